The van der Waals surface area contributed by atoms with Crippen LogP contribution < -0.4 is 25.8 Å². The standard InChI is InChI=1S/C29H24F2N6O5/c1-4-35(27(39)22-15-32-29(41)37(28(22)40)19-7-5-18(30)6-8-19)20-9-10-25(23(31)13-20)42-26-14-21(34(3)17(2)38)16-36-24(26)11-12-33-36/h5-16H,4H2,1-3H3,(H,32,41). The van der Waals surface area contributed by atoms with E-state index in [9.17, 15) is 23.6 Å². The number of aromatic nitrogens is 4. The molecule has 5 aromatic rings. The van der Waals surface area contributed by atoms with Gasteiger partial charge in [-0.1, -0.05) is 0 Å². The summed E-state index contributed by atoms with van der Waals surface area (Å²) in [7, 11) is 1.58. The third-order valence-electron chi connectivity index (χ3n) is 6.62. The van der Waals surface area contributed by atoms with Crippen LogP contribution in [-0.4, -0.2) is 44.6 Å². The molecule has 0 bridgehead atoms. The number of hydrogen-bond acceptors (Lipinski definition) is 6. The Kier molecular flexibility index (Phi) is 7.40. The first-order chi connectivity index (χ1) is 20.1. The Morgan fingerprint density at radius 1 is 1.00 bits per heavy atom. The van der Waals surface area contributed by atoms with E-state index in [0.29, 0.717) is 15.8 Å². The summed E-state index contributed by atoms with van der Waals surface area (Å²) in [6, 6.07) is 11.7. The molecule has 0 aliphatic heterocycles. The number of fused-ring (bicyclic) bond motifs is 1. The highest BCUT2D eigenvalue weighted by atomic mass is 19.1. The lowest BCUT2D eigenvalue weighted by Crippen LogP contribution is -2.41. The third kappa shape index (κ3) is 5.14. The van der Waals surface area contributed by atoms with Gasteiger partial charge in [0.1, 0.15) is 16.9 Å². The largest absolute Gasteiger partial charge is 0.452 e. The van der Waals surface area contributed by atoms with Gasteiger partial charge in [-0.3, -0.25) is 14.4 Å². The van der Waals surface area contributed by atoms with Crippen LogP contribution in [0, 0.1) is 11.6 Å². The minimum absolute atomic E-state index is 0.0590. The number of amides is 2. The van der Waals surface area contributed by atoms with Crippen molar-refractivity contribution in [1.29, 1.82) is 0 Å². The second kappa shape index (κ2) is 11.1. The van der Waals surface area contributed by atoms with Crippen LogP contribution in [0.2, 0.25) is 0 Å². The van der Waals surface area contributed by atoms with Crippen LogP contribution in [0.4, 0.5) is 20.2 Å². The molecule has 3 aromatic heterocycles. The number of benzene rings is 2. The minimum Gasteiger partial charge on any atom is -0.452 e. The van der Waals surface area contributed by atoms with Gasteiger partial charge in [0.05, 0.1) is 23.8 Å². The van der Waals surface area contributed by atoms with Crippen molar-refractivity contribution in [3.63, 3.8) is 0 Å². The van der Waals surface area contributed by atoms with Crippen LogP contribution in [0.1, 0.15) is 24.2 Å². The van der Waals surface area contributed by atoms with E-state index < -0.39 is 28.8 Å². The molecular weight excluding hydrogens is 550 g/mol. The molecule has 2 aromatic carbocycles. The highest BCUT2D eigenvalue weighted by molar-refractivity contribution is 6.05. The first kappa shape index (κ1) is 28.0. The highest BCUT2D eigenvalue weighted by Crippen LogP contribution is 2.33. The summed E-state index contributed by atoms with van der Waals surface area (Å²) in [5.41, 5.74) is -0.916. The van der Waals surface area contributed by atoms with Crippen LogP contribution in [0.3, 0.4) is 0 Å². The number of halogens is 2. The molecule has 214 valence electrons. The average molecular weight is 575 g/mol. The van der Waals surface area contributed by atoms with Gasteiger partial charge in [0, 0.05) is 44.5 Å². The Morgan fingerprint density at radius 2 is 1.74 bits per heavy atom. The van der Waals surface area contributed by atoms with Crippen molar-refractivity contribution in [2.45, 2.75) is 13.8 Å². The van der Waals surface area contributed by atoms with Crippen LogP contribution in [0.15, 0.2) is 82.8 Å². The number of aromatic amines is 1. The first-order valence-electron chi connectivity index (χ1n) is 12.7. The van der Waals surface area contributed by atoms with E-state index in [1.807, 2.05) is 0 Å². The Hall–Kier alpha value is -5.59. The maximum absolute atomic E-state index is 15.4. The van der Waals surface area contributed by atoms with Gasteiger partial charge in [0.2, 0.25) is 5.91 Å². The van der Waals surface area contributed by atoms with Crippen molar-refractivity contribution in [2.24, 2.45) is 0 Å². The fraction of sp³-hybridized carbons (Fsp3) is 0.138. The number of carbonyl (C=O) groups excluding carboxylic acids is 2. The van der Waals surface area contributed by atoms with Gasteiger partial charge in [0.25, 0.3) is 11.5 Å². The van der Waals surface area contributed by atoms with Crippen molar-refractivity contribution < 1.29 is 23.1 Å². The Labute approximate surface area is 236 Å². The molecule has 0 aliphatic rings. The smallest absolute Gasteiger partial charge is 0.333 e. The van der Waals surface area contributed by atoms with Gasteiger partial charge in [-0.15, -0.1) is 0 Å². The summed E-state index contributed by atoms with van der Waals surface area (Å²) >= 11 is 0. The van der Waals surface area contributed by atoms with Crippen LogP contribution >= 0.6 is 0 Å². The summed E-state index contributed by atoms with van der Waals surface area (Å²) < 4.78 is 36.8. The summed E-state index contributed by atoms with van der Waals surface area (Å²) in [5, 5.41) is 4.18. The number of pyridine rings is 1. The Bertz CT molecular complexity index is 1950. The van der Waals surface area contributed by atoms with E-state index in [1.165, 1.54) is 46.8 Å². The van der Waals surface area contributed by atoms with Gasteiger partial charge in [0.15, 0.2) is 17.3 Å². The van der Waals surface area contributed by atoms with Crippen molar-refractivity contribution in [2.75, 3.05) is 23.4 Å². The molecule has 0 aliphatic carbocycles. The predicted octanol–water partition coefficient (Wildman–Crippen LogP) is 3.89. The molecule has 0 unspecified atom stereocenters. The summed E-state index contributed by atoms with van der Waals surface area (Å²) in [6.45, 7) is 3.10. The van der Waals surface area contributed by atoms with Crippen LogP contribution in [-0.2, 0) is 4.79 Å². The molecule has 1 N–H and O–H groups in total. The lowest BCUT2D eigenvalue weighted by atomic mass is 10.2. The van der Waals surface area contributed by atoms with Gasteiger partial charge in [-0.2, -0.15) is 5.10 Å². The van der Waals surface area contributed by atoms with Gasteiger partial charge in [-0.25, -0.2) is 22.7 Å². The fourth-order valence-electron chi connectivity index (χ4n) is 4.33. The lowest BCUT2D eigenvalue weighted by Gasteiger charge is -2.22. The topological polar surface area (TPSA) is 122 Å². The maximum atomic E-state index is 15.4. The van der Waals surface area contributed by atoms with Crippen molar-refractivity contribution in [1.82, 2.24) is 19.2 Å². The molecule has 11 nitrogen and oxygen atoms in total. The predicted molar refractivity (Wildman–Crippen MR) is 151 cm³/mol. The number of ether oxygens (including phenoxy) is 1. The quantitative estimate of drug-likeness (QED) is 0.315. The molecule has 0 saturated heterocycles. The van der Waals surface area contributed by atoms with Gasteiger partial charge < -0.3 is 19.5 Å². The SMILES string of the molecule is CCN(C(=O)c1c[nH]c(=O)n(-c2ccc(F)cc2)c1=O)c1ccc(Oc2cc(N(C)C(C)=O)cn3nccc23)c(F)c1. The summed E-state index contributed by atoms with van der Waals surface area (Å²) in [5.74, 6) is -2.29. The molecule has 3 heterocycles. The number of nitrogens with one attached hydrogen (secondary N) is 1. The second-order valence-corrected chi connectivity index (χ2v) is 9.19. The van der Waals surface area contributed by atoms with Gasteiger partial charge in [-0.05, 0) is 49.4 Å². The normalized spacial score (nSPS) is 11.0. The number of hydrogen-bond donors (Lipinski definition) is 1. The van der Waals surface area contributed by atoms with Crippen molar-refractivity contribution >= 4 is 28.7 Å². The third-order valence-corrected chi connectivity index (χ3v) is 6.62. The molecule has 13 heteroatoms. The van der Waals surface area contributed by atoms with Crippen LogP contribution in [0.25, 0.3) is 11.2 Å². The van der Waals surface area contributed by atoms with Crippen molar-refractivity contribution in [3.8, 4) is 17.2 Å². The van der Waals surface area contributed by atoms with Crippen molar-refractivity contribution in [3.05, 3.63) is 111 Å². The Balaban J connectivity index is 1.47. The maximum Gasteiger partial charge on any atom is 0.333 e. The average Bonchev–Trinajstić information content (AvgIpc) is 3.44. The zero-order valence-corrected chi connectivity index (χ0v) is 22.7. The molecule has 0 radical (unpaired) electrons. The number of rotatable bonds is 7. The van der Waals surface area contributed by atoms with E-state index in [4.69, 9.17) is 4.74 Å². The lowest BCUT2D eigenvalue weighted by molar-refractivity contribution is -0.116. The number of anilines is 2. The molecule has 0 saturated carbocycles. The van der Waals surface area contributed by atoms with Gasteiger partial charge >= 0.3 is 5.69 Å². The molecule has 2 amide bonds. The molecule has 0 atom stereocenters. The number of H-pyrrole nitrogens is 1. The number of carbonyl (C=O) groups is 2. The highest BCUT2D eigenvalue weighted by Gasteiger charge is 2.23. The van der Waals surface area contributed by atoms with E-state index in [2.05, 4.69) is 10.1 Å². The zero-order valence-electron chi connectivity index (χ0n) is 22.7. The minimum atomic E-state index is -0.922. The fourth-order valence-corrected chi connectivity index (χ4v) is 4.33. The Morgan fingerprint density at radius 3 is 2.40 bits per heavy atom. The zero-order chi connectivity index (χ0) is 30.1. The second-order valence-electron chi connectivity index (χ2n) is 9.19. The summed E-state index contributed by atoms with van der Waals surface area (Å²) in [4.78, 5) is 55.8. The molecule has 42 heavy (non-hydrogen) atoms. The first-order valence-corrected chi connectivity index (χ1v) is 12.7. The van der Waals surface area contributed by atoms with Crippen LogP contribution in [0.5, 0.6) is 11.5 Å². The summed E-state index contributed by atoms with van der Waals surface area (Å²) in [6.07, 6.45) is 4.16. The molecule has 0 fully saturated rings. The monoisotopic (exact) mass is 574 g/mol. The molecule has 0 spiro atoms. The van der Waals surface area contributed by atoms with E-state index in [-0.39, 0.29) is 40.9 Å². The van der Waals surface area contributed by atoms with E-state index >= 15 is 4.39 Å². The number of nitrogens with zero attached hydrogens (tertiary/aromatic N) is 5. The van der Waals surface area contributed by atoms with E-state index in [1.54, 1.807) is 32.3 Å². The van der Waals surface area contributed by atoms with E-state index in [0.717, 1.165) is 29.3 Å². The molecular formula is C29H24F2N6O5. The molecule has 5 rings (SSSR count).